The first-order valence-corrected chi connectivity index (χ1v) is 12.7. The minimum absolute atomic E-state index is 0.214. The fourth-order valence-electron chi connectivity index (χ4n) is 5.02. The molecule has 37 heavy (non-hydrogen) atoms. The zero-order valence-corrected chi connectivity index (χ0v) is 21.0. The maximum atomic E-state index is 12.9. The van der Waals surface area contributed by atoms with Gasteiger partial charge in [0, 0.05) is 18.7 Å². The predicted octanol–water partition coefficient (Wildman–Crippen LogP) is 4.13. The molecule has 7 heteroatoms. The number of likely N-dealkylation sites (tertiary alicyclic amines) is 1. The summed E-state index contributed by atoms with van der Waals surface area (Å²) < 4.78 is 5.23. The van der Waals surface area contributed by atoms with Crippen LogP contribution in [0.4, 0.5) is 0 Å². The second-order valence-corrected chi connectivity index (χ2v) is 9.72. The normalized spacial score (nSPS) is 16.1. The van der Waals surface area contributed by atoms with E-state index >= 15 is 0 Å². The number of amides is 3. The fourth-order valence-corrected chi connectivity index (χ4v) is 5.02. The highest BCUT2D eigenvalue weighted by Crippen LogP contribution is 2.26. The van der Waals surface area contributed by atoms with Crippen molar-refractivity contribution in [2.45, 2.75) is 25.9 Å². The molecule has 1 N–H and O–H groups in total. The molecule has 2 heterocycles. The lowest BCUT2D eigenvalue weighted by molar-refractivity contribution is 0.0642. The number of hydrogen-bond acceptors (Lipinski definition) is 5. The van der Waals surface area contributed by atoms with Gasteiger partial charge in [-0.1, -0.05) is 42.5 Å². The van der Waals surface area contributed by atoms with E-state index < -0.39 is 0 Å². The molecule has 0 bridgehead atoms. The Bertz CT molecular complexity index is 1280. The molecular weight excluding hydrogens is 466 g/mol. The van der Waals surface area contributed by atoms with Crippen molar-refractivity contribution in [2.75, 3.05) is 26.7 Å². The first kappa shape index (κ1) is 24.7. The molecule has 0 spiro atoms. The molecule has 1 fully saturated rings. The third-order valence-corrected chi connectivity index (χ3v) is 7.24. The van der Waals surface area contributed by atoms with Crippen molar-refractivity contribution in [1.29, 1.82) is 0 Å². The number of ether oxygens (including phenoxy) is 1. The lowest BCUT2D eigenvalue weighted by Crippen LogP contribution is -2.38. The van der Waals surface area contributed by atoms with Crippen molar-refractivity contribution in [3.63, 3.8) is 0 Å². The van der Waals surface area contributed by atoms with Crippen LogP contribution in [-0.2, 0) is 13.1 Å². The Kier molecular flexibility index (Phi) is 7.32. The molecule has 1 saturated heterocycles. The minimum Gasteiger partial charge on any atom is -0.497 e. The highest BCUT2D eigenvalue weighted by atomic mass is 16.5. The van der Waals surface area contributed by atoms with E-state index in [4.69, 9.17) is 4.74 Å². The monoisotopic (exact) mass is 497 g/mol. The van der Waals surface area contributed by atoms with Crippen molar-refractivity contribution in [3.8, 4) is 5.75 Å². The Labute approximate surface area is 217 Å². The second-order valence-electron chi connectivity index (χ2n) is 9.72. The number of rotatable bonds is 8. The van der Waals surface area contributed by atoms with Crippen molar-refractivity contribution in [1.82, 2.24) is 15.1 Å². The van der Waals surface area contributed by atoms with E-state index in [0.717, 1.165) is 43.8 Å². The molecule has 3 amide bonds. The van der Waals surface area contributed by atoms with Crippen LogP contribution in [0.2, 0.25) is 0 Å². The van der Waals surface area contributed by atoms with Crippen LogP contribution in [0.3, 0.4) is 0 Å². The second kappa shape index (κ2) is 11.0. The molecule has 5 rings (SSSR count). The molecule has 0 aromatic heterocycles. The minimum atomic E-state index is -0.359. The SMILES string of the molecule is COc1ccc(CN2CCC(CNC(=O)c3ccc4c(c3)C(=O)N(Cc3ccccc3)C4=O)CC2)cc1. The standard InChI is InChI=1S/C30H31N3O4/c1-37-25-10-7-23(8-11-25)19-32-15-13-21(14-16-32)18-31-28(34)24-9-12-26-27(17-24)30(36)33(29(26)35)20-22-5-3-2-4-6-22/h2-12,17,21H,13-16,18-20H2,1H3,(H,31,34). The van der Waals surface area contributed by atoms with Gasteiger partial charge in [0.15, 0.2) is 0 Å². The van der Waals surface area contributed by atoms with Crippen LogP contribution in [0.25, 0.3) is 0 Å². The number of nitrogens with zero attached hydrogens (tertiary/aromatic N) is 2. The molecule has 7 nitrogen and oxygen atoms in total. The Morgan fingerprint density at radius 2 is 1.54 bits per heavy atom. The molecular formula is C30H31N3O4. The molecule has 2 aliphatic heterocycles. The summed E-state index contributed by atoms with van der Waals surface area (Å²) in [5.74, 6) is 0.377. The number of piperidine rings is 1. The van der Waals surface area contributed by atoms with Crippen LogP contribution in [0, 0.1) is 5.92 Å². The van der Waals surface area contributed by atoms with Crippen LogP contribution < -0.4 is 10.1 Å². The number of carbonyl (C=O) groups is 3. The number of methoxy groups -OCH3 is 1. The topological polar surface area (TPSA) is 79.0 Å². The van der Waals surface area contributed by atoms with Crippen LogP contribution in [0.15, 0.2) is 72.8 Å². The lowest BCUT2D eigenvalue weighted by atomic mass is 9.96. The molecule has 3 aromatic rings. The quantitative estimate of drug-likeness (QED) is 0.474. The maximum Gasteiger partial charge on any atom is 0.261 e. The van der Waals surface area contributed by atoms with Gasteiger partial charge in [-0.25, -0.2) is 0 Å². The first-order valence-electron chi connectivity index (χ1n) is 12.7. The number of nitrogens with one attached hydrogen (secondary N) is 1. The lowest BCUT2D eigenvalue weighted by Gasteiger charge is -2.32. The van der Waals surface area contributed by atoms with E-state index in [9.17, 15) is 14.4 Å². The van der Waals surface area contributed by atoms with Crippen molar-refractivity contribution in [3.05, 3.63) is 101 Å². The summed E-state index contributed by atoms with van der Waals surface area (Å²) in [6, 6.07) is 22.3. The fraction of sp³-hybridized carbons (Fsp3) is 0.300. The van der Waals surface area contributed by atoms with E-state index in [1.165, 1.54) is 10.5 Å². The zero-order valence-electron chi connectivity index (χ0n) is 21.0. The van der Waals surface area contributed by atoms with Gasteiger partial charge in [0.1, 0.15) is 5.75 Å². The summed E-state index contributed by atoms with van der Waals surface area (Å²) in [5, 5.41) is 3.03. The molecule has 0 saturated carbocycles. The summed E-state index contributed by atoms with van der Waals surface area (Å²) in [6.45, 7) is 3.69. The Hall–Kier alpha value is -3.97. The number of imide groups is 1. The van der Waals surface area contributed by atoms with E-state index in [-0.39, 0.29) is 24.3 Å². The van der Waals surface area contributed by atoms with Gasteiger partial charge in [-0.05, 0) is 73.3 Å². The predicted molar refractivity (Wildman–Crippen MR) is 140 cm³/mol. The molecule has 3 aromatic carbocycles. The van der Waals surface area contributed by atoms with E-state index in [1.807, 2.05) is 42.5 Å². The summed E-state index contributed by atoms with van der Waals surface area (Å²) in [4.78, 5) is 42.3. The van der Waals surface area contributed by atoms with E-state index in [0.29, 0.717) is 29.2 Å². The largest absolute Gasteiger partial charge is 0.497 e. The molecule has 0 unspecified atom stereocenters. The van der Waals surface area contributed by atoms with E-state index in [1.54, 1.807) is 25.3 Å². The number of carbonyl (C=O) groups excluding carboxylic acids is 3. The van der Waals surface area contributed by atoms with Gasteiger partial charge < -0.3 is 10.1 Å². The molecule has 0 atom stereocenters. The van der Waals surface area contributed by atoms with Gasteiger partial charge in [-0.15, -0.1) is 0 Å². The van der Waals surface area contributed by atoms with Gasteiger partial charge >= 0.3 is 0 Å². The summed E-state index contributed by atoms with van der Waals surface area (Å²) in [5.41, 5.74) is 3.19. The Morgan fingerprint density at radius 3 is 2.24 bits per heavy atom. The zero-order chi connectivity index (χ0) is 25.8. The third kappa shape index (κ3) is 5.57. The van der Waals surface area contributed by atoms with Crippen LogP contribution in [-0.4, -0.2) is 54.3 Å². The molecule has 0 radical (unpaired) electrons. The Morgan fingerprint density at radius 1 is 0.865 bits per heavy atom. The van der Waals surface area contributed by atoms with Crippen molar-refractivity contribution < 1.29 is 19.1 Å². The van der Waals surface area contributed by atoms with Crippen LogP contribution >= 0.6 is 0 Å². The molecule has 190 valence electrons. The Balaban J connectivity index is 1.12. The van der Waals surface area contributed by atoms with Crippen molar-refractivity contribution in [2.24, 2.45) is 5.92 Å². The summed E-state index contributed by atoms with van der Waals surface area (Å²) in [7, 11) is 1.67. The van der Waals surface area contributed by atoms with Crippen molar-refractivity contribution >= 4 is 17.7 Å². The maximum absolute atomic E-state index is 12.9. The average Bonchev–Trinajstić information content (AvgIpc) is 3.17. The van der Waals surface area contributed by atoms with Crippen LogP contribution in [0.5, 0.6) is 5.75 Å². The number of fused-ring (bicyclic) bond motifs is 1. The average molecular weight is 498 g/mol. The molecule has 2 aliphatic rings. The summed E-state index contributed by atoms with van der Waals surface area (Å²) >= 11 is 0. The highest BCUT2D eigenvalue weighted by molar-refractivity contribution is 6.22. The van der Waals surface area contributed by atoms with Crippen LogP contribution in [0.1, 0.15) is 55.0 Å². The van der Waals surface area contributed by atoms with Gasteiger partial charge in [0.2, 0.25) is 0 Å². The van der Waals surface area contributed by atoms with Gasteiger partial charge in [-0.3, -0.25) is 24.2 Å². The third-order valence-electron chi connectivity index (χ3n) is 7.24. The van der Waals surface area contributed by atoms with E-state index in [2.05, 4.69) is 22.3 Å². The highest BCUT2D eigenvalue weighted by Gasteiger charge is 2.36. The van der Waals surface area contributed by atoms with Gasteiger partial charge in [0.05, 0.1) is 24.8 Å². The first-order chi connectivity index (χ1) is 18.0. The number of hydrogen-bond donors (Lipinski definition) is 1. The number of benzene rings is 3. The van der Waals surface area contributed by atoms with Gasteiger partial charge in [-0.2, -0.15) is 0 Å². The summed E-state index contributed by atoms with van der Waals surface area (Å²) in [6.07, 6.45) is 2.03. The molecule has 0 aliphatic carbocycles. The van der Waals surface area contributed by atoms with Gasteiger partial charge in [0.25, 0.3) is 17.7 Å². The smallest absolute Gasteiger partial charge is 0.261 e.